The van der Waals surface area contributed by atoms with E-state index in [1.165, 1.54) is 12.1 Å². The summed E-state index contributed by atoms with van der Waals surface area (Å²) in [6, 6.07) is 5.95. The molecule has 17 heavy (non-hydrogen) atoms. The molecule has 5 heteroatoms. The average Bonchev–Trinajstić information content (AvgIpc) is 2.69. The maximum absolute atomic E-state index is 12.7. The predicted octanol–water partition coefficient (Wildman–Crippen LogP) is 3.38. The molecule has 0 spiro atoms. The summed E-state index contributed by atoms with van der Waals surface area (Å²) in [6.45, 7) is 3.22. The predicted molar refractivity (Wildman–Crippen MR) is 66.3 cm³/mol. The summed E-state index contributed by atoms with van der Waals surface area (Å²) >= 11 is 3.41. The number of hydrogen-bond acceptors (Lipinski definition) is 2. The zero-order valence-electron chi connectivity index (χ0n) is 9.36. The molecule has 1 aromatic carbocycles. The molecule has 2 rings (SSSR count). The Hall–Kier alpha value is -1.36. The van der Waals surface area contributed by atoms with Gasteiger partial charge in [0.1, 0.15) is 28.6 Å². The van der Waals surface area contributed by atoms with Crippen LogP contribution in [0.5, 0.6) is 5.75 Å². The minimum atomic E-state index is -0.268. The molecule has 0 aliphatic heterocycles. The van der Waals surface area contributed by atoms with E-state index in [1.807, 2.05) is 11.5 Å². The number of rotatable bonds is 4. The first-order valence-corrected chi connectivity index (χ1v) is 6.08. The molecule has 0 saturated heterocycles. The normalized spacial score (nSPS) is 10.5. The highest BCUT2D eigenvalue weighted by Crippen LogP contribution is 2.16. The molecule has 0 saturated carbocycles. The second-order valence-electron chi connectivity index (χ2n) is 3.48. The van der Waals surface area contributed by atoms with E-state index in [0.29, 0.717) is 12.4 Å². The van der Waals surface area contributed by atoms with Gasteiger partial charge in [0.25, 0.3) is 0 Å². The zero-order chi connectivity index (χ0) is 12.3. The Labute approximate surface area is 107 Å². The van der Waals surface area contributed by atoms with Gasteiger partial charge in [-0.2, -0.15) is 0 Å². The second-order valence-corrected chi connectivity index (χ2v) is 4.30. The summed E-state index contributed by atoms with van der Waals surface area (Å²) < 4.78 is 21.2. The highest BCUT2D eigenvalue weighted by Gasteiger charge is 2.06. The van der Waals surface area contributed by atoms with Gasteiger partial charge < -0.3 is 9.30 Å². The van der Waals surface area contributed by atoms with Gasteiger partial charge in [-0.3, -0.25) is 0 Å². The van der Waals surface area contributed by atoms with E-state index in [0.717, 1.165) is 17.0 Å². The minimum absolute atomic E-state index is 0.268. The maximum Gasteiger partial charge on any atom is 0.147 e. The van der Waals surface area contributed by atoms with E-state index in [4.69, 9.17) is 4.74 Å². The quantitative estimate of drug-likeness (QED) is 0.865. The first-order chi connectivity index (χ1) is 8.20. The fourth-order valence-electron chi connectivity index (χ4n) is 1.52. The maximum atomic E-state index is 12.7. The van der Waals surface area contributed by atoms with E-state index in [9.17, 15) is 4.39 Å². The molecular weight excluding hydrogens is 287 g/mol. The number of ether oxygens (including phenoxy) is 1. The lowest BCUT2D eigenvalue weighted by Gasteiger charge is -2.08. The SMILES string of the molecule is CCn1c(Br)cnc1COc1ccc(F)cc1. The summed E-state index contributed by atoms with van der Waals surface area (Å²) in [4.78, 5) is 4.24. The molecule has 0 aliphatic carbocycles. The van der Waals surface area contributed by atoms with Crippen LogP contribution >= 0.6 is 15.9 Å². The van der Waals surface area contributed by atoms with Gasteiger partial charge in [0, 0.05) is 6.54 Å². The van der Waals surface area contributed by atoms with Crippen molar-refractivity contribution in [1.29, 1.82) is 0 Å². The van der Waals surface area contributed by atoms with Crippen molar-refractivity contribution in [2.24, 2.45) is 0 Å². The van der Waals surface area contributed by atoms with Crippen LogP contribution in [0.2, 0.25) is 0 Å². The summed E-state index contributed by atoms with van der Waals surface area (Å²) in [5, 5.41) is 0. The van der Waals surface area contributed by atoms with E-state index in [2.05, 4.69) is 20.9 Å². The first kappa shape index (κ1) is 12.1. The van der Waals surface area contributed by atoms with E-state index in [1.54, 1.807) is 18.3 Å². The topological polar surface area (TPSA) is 27.1 Å². The van der Waals surface area contributed by atoms with Gasteiger partial charge in [0.05, 0.1) is 6.20 Å². The van der Waals surface area contributed by atoms with Crippen LogP contribution in [0, 0.1) is 5.82 Å². The van der Waals surface area contributed by atoms with E-state index in [-0.39, 0.29) is 5.82 Å². The lowest BCUT2D eigenvalue weighted by atomic mass is 10.3. The highest BCUT2D eigenvalue weighted by molar-refractivity contribution is 9.10. The molecule has 0 unspecified atom stereocenters. The third-order valence-corrected chi connectivity index (χ3v) is 3.02. The summed E-state index contributed by atoms with van der Waals surface area (Å²) in [6.07, 6.45) is 1.74. The summed E-state index contributed by atoms with van der Waals surface area (Å²) in [5.41, 5.74) is 0. The van der Waals surface area contributed by atoms with Gasteiger partial charge in [-0.15, -0.1) is 0 Å². The van der Waals surface area contributed by atoms with Gasteiger partial charge in [-0.05, 0) is 47.1 Å². The molecule has 90 valence electrons. The third kappa shape index (κ3) is 2.85. The molecular formula is C12H12BrFN2O. The Kier molecular flexibility index (Phi) is 3.78. The van der Waals surface area contributed by atoms with Crippen molar-refractivity contribution in [1.82, 2.24) is 9.55 Å². The number of halogens is 2. The first-order valence-electron chi connectivity index (χ1n) is 5.29. The van der Waals surface area contributed by atoms with Crippen molar-refractivity contribution in [2.75, 3.05) is 0 Å². The van der Waals surface area contributed by atoms with E-state index < -0.39 is 0 Å². The fraction of sp³-hybridized carbons (Fsp3) is 0.250. The molecule has 1 heterocycles. The third-order valence-electron chi connectivity index (χ3n) is 2.39. The van der Waals surface area contributed by atoms with Gasteiger partial charge in [0.15, 0.2) is 0 Å². The standard InChI is InChI=1S/C12H12BrFN2O/c1-2-16-11(13)7-15-12(16)8-17-10-5-3-9(14)4-6-10/h3-7H,2,8H2,1H3. The van der Waals surface area contributed by atoms with Crippen LogP contribution in [0.4, 0.5) is 4.39 Å². The molecule has 0 amide bonds. The number of imidazole rings is 1. The van der Waals surface area contributed by atoms with Crippen molar-refractivity contribution in [3.8, 4) is 5.75 Å². The molecule has 0 atom stereocenters. The number of aromatic nitrogens is 2. The van der Waals surface area contributed by atoms with Crippen molar-refractivity contribution in [3.63, 3.8) is 0 Å². The molecule has 0 fully saturated rings. The number of nitrogens with zero attached hydrogens (tertiary/aromatic N) is 2. The minimum Gasteiger partial charge on any atom is -0.486 e. The van der Waals surface area contributed by atoms with Gasteiger partial charge in [0.2, 0.25) is 0 Å². The Bertz CT molecular complexity index is 496. The Morgan fingerprint density at radius 2 is 2.06 bits per heavy atom. The lowest BCUT2D eigenvalue weighted by molar-refractivity contribution is 0.289. The van der Waals surface area contributed by atoms with Crippen LogP contribution in [0.15, 0.2) is 35.1 Å². The van der Waals surface area contributed by atoms with E-state index >= 15 is 0 Å². The highest BCUT2D eigenvalue weighted by atomic mass is 79.9. The second kappa shape index (κ2) is 5.31. The van der Waals surface area contributed by atoms with Crippen LogP contribution in [0.25, 0.3) is 0 Å². The fourth-order valence-corrected chi connectivity index (χ4v) is 2.08. The summed E-state index contributed by atoms with van der Waals surface area (Å²) in [5.74, 6) is 1.20. The van der Waals surface area contributed by atoms with Gasteiger partial charge in [-0.1, -0.05) is 0 Å². The molecule has 1 aromatic heterocycles. The Balaban J connectivity index is 2.04. The monoisotopic (exact) mass is 298 g/mol. The molecule has 0 aliphatic rings. The number of hydrogen-bond donors (Lipinski definition) is 0. The molecule has 3 nitrogen and oxygen atoms in total. The molecule has 0 radical (unpaired) electrons. The van der Waals surface area contributed by atoms with Crippen molar-refractivity contribution < 1.29 is 9.13 Å². The molecule has 0 bridgehead atoms. The van der Waals surface area contributed by atoms with Crippen molar-refractivity contribution in [3.05, 3.63) is 46.7 Å². The average molecular weight is 299 g/mol. The van der Waals surface area contributed by atoms with Crippen LogP contribution < -0.4 is 4.74 Å². The molecule has 0 N–H and O–H groups in total. The largest absolute Gasteiger partial charge is 0.486 e. The van der Waals surface area contributed by atoms with Gasteiger partial charge in [-0.25, -0.2) is 9.37 Å². The smallest absolute Gasteiger partial charge is 0.147 e. The Morgan fingerprint density at radius 3 is 2.71 bits per heavy atom. The van der Waals surface area contributed by atoms with Crippen molar-refractivity contribution in [2.45, 2.75) is 20.1 Å². The van der Waals surface area contributed by atoms with Crippen LogP contribution in [-0.2, 0) is 13.2 Å². The summed E-state index contributed by atoms with van der Waals surface area (Å²) in [7, 11) is 0. The lowest BCUT2D eigenvalue weighted by Crippen LogP contribution is -2.06. The van der Waals surface area contributed by atoms with Crippen LogP contribution in [-0.4, -0.2) is 9.55 Å². The van der Waals surface area contributed by atoms with Crippen LogP contribution in [0.3, 0.4) is 0 Å². The zero-order valence-corrected chi connectivity index (χ0v) is 10.9. The van der Waals surface area contributed by atoms with Crippen molar-refractivity contribution >= 4 is 15.9 Å². The van der Waals surface area contributed by atoms with Crippen LogP contribution in [0.1, 0.15) is 12.7 Å². The molecule has 2 aromatic rings. The van der Waals surface area contributed by atoms with Gasteiger partial charge >= 0.3 is 0 Å². The number of benzene rings is 1. The Morgan fingerprint density at radius 1 is 1.35 bits per heavy atom.